The molecule has 2 aromatic heterocycles. The smallest absolute Gasteiger partial charge is 0.246 e. The zero-order valence-corrected chi connectivity index (χ0v) is 11.1. The number of hydrogen-bond donors (Lipinski definition) is 1. The number of nitrogens with one attached hydrogen (secondary N) is 1. The van der Waals surface area contributed by atoms with Gasteiger partial charge in [0.25, 0.3) is 0 Å². The third kappa shape index (κ3) is 2.92. The molecule has 0 atom stereocenters. The van der Waals surface area contributed by atoms with E-state index in [0.29, 0.717) is 29.0 Å². The zero-order valence-electron chi connectivity index (χ0n) is 10.3. The predicted molar refractivity (Wildman–Crippen MR) is 74.1 cm³/mol. The molecular formula is C13H10ClN5O. The second-order valence-corrected chi connectivity index (χ2v) is 4.40. The number of hydrogen-bond acceptors (Lipinski definition) is 6. The van der Waals surface area contributed by atoms with Gasteiger partial charge in [-0.1, -0.05) is 16.8 Å². The van der Waals surface area contributed by atoms with Crippen LogP contribution in [0.1, 0.15) is 5.89 Å². The summed E-state index contributed by atoms with van der Waals surface area (Å²) in [5.74, 6) is 0.925. The Balaban J connectivity index is 1.67. The summed E-state index contributed by atoms with van der Waals surface area (Å²) >= 11 is 5.82. The van der Waals surface area contributed by atoms with Gasteiger partial charge >= 0.3 is 0 Å². The maximum atomic E-state index is 5.82. The standard InChI is InChI=1S/C13H10ClN5O/c14-9-1-3-10(4-2-9)16-7-12-18-13(19-20-12)11-5-6-15-8-17-11/h1-6,8,16H,7H2. The monoisotopic (exact) mass is 287 g/mol. The second-order valence-electron chi connectivity index (χ2n) is 3.97. The molecule has 6 nitrogen and oxygen atoms in total. The summed E-state index contributed by atoms with van der Waals surface area (Å²) in [5.41, 5.74) is 1.55. The minimum Gasteiger partial charge on any atom is -0.376 e. The van der Waals surface area contributed by atoms with Gasteiger partial charge in [0.1, 0.15) is 12.0 Å². The van der Waals surface area contributed by atoms with Crippen LogP contribution >= 0.6 is 11.6 Å². The van der Waals surface area contributed by atoms with Gasteiger partial charge in [-0.05, 0) is 30.3 Å². The Morgan fingerprint density at radius 1 is 1.15 bits per heavy atom. The van der Waals surface area contributed by atoms with Crippen molar-refractivity contribution in [2.45, 2.75) is 6.54 Å². The van der Waals surface area contributed by atoms with E-state index in [-0.39, 0.29) is 0 Å². The molecule has 20 heavy (non-hydrogen) atoms. The lowest BCUT2D eigenvalue weighted by atomic mass is 10.3. The van der Waals surface area contributed by atoms with Gasteiger partial charge in [-0.15, -0.1) is 0 Å². The molecule has 0 amide bonds. The highest BCUT2D eigenvalue weighted by molar-refractivity contribution is 6.30. The molecule has 0 bridgehead atoms. The molecule has 0 radical (unpaired) electrons. The number of rotatable bonds is 4. The first kappa shape index (κ1) is 12.6. The second kappa shape index (κ2) is 5.66. The molecule has 0 unspecified atom stereocenters. The van der Waals surface area contributed by atoms with E-state index in [9.17, 15) is 0 Å². The summed E-state index contributed by atoms with van der Waals surface area (Å²) < 4.78 is 5.15. The summed E-state index contributed by atoms with van der Waals surface area (Å²) in [7, 11) is 0. The Bertz CT molecular complexity index is 683. The summed E-state index contributed by atoms with van der Waals surface area (Å²) in [6, 6.07) is 9.10. The van der Waals surface area contributed by atoms with Crippen LogP contribution in [0.3, 0.4) is 0 Å². The normalized spacial score (nSPS) is 10.4. The highest BCUT2D eigenvalue weighted by Crippen LogP contribution is 2.15. The molecule has 3 aromatic rings. The lowest BCUT2D eigenvalue weighted by Crippen LogP contribution is -1.99. The van der Waals surface area contributed by atoms with E-state index in [1.165, 1.54) is 6.33 Å². The molecule has 7 heteroatoms. The predicted octanol–water partition coefficient (Wildman–Crippen LogP) is 2.79. The minimum atomic E-state index is 0.430. The van der Waals surface area contributed by atoms with Crippen LogP contribution in [0.25, 0.3) is 11.5 Å². The van der Waals surface area contributed by atoms with Gasteiger partial charge in [-0.3, -0.25) is 0 Å². The van der Waals surface area contributed by atoms with Crippen molar-refractivity contribution in [1.29, 1.82) is 0 Å². The van der Waals surface area contributed by atoms with Crippen molar-refractivity contribution < 1.29 is 4.52 Å². The fraction of sp³-hybridized carbons (Fsp3) is 0.0769. The maximum absolute atomic E-state index is 5.82. The first-order valence-electron chi connectivity index (χ1n) is 5.90. The molecule has 1 N–H and O–H groups in total. The Labute approximate surface area is 119 Å². The van der Waals surface area contributed by atoms with Gasteiger partial charge in [0.15, 0.2) is 0 Å². The van der Waals surface area contributed by atoms with Crippen molar-refractivity contribution >= 4 is 17.3 Å². The van der Waals surface area contributed by atoms with Crippen molar-refractivity contribution in [1.82, 2.24) is 20.1 Å². The topological polar surface area (TPSA) is 76.7 Å². The van der Waals surface area contributed by atoms with E-state index >= 15 is 0 Å². The van der Waals surface area contributed by atoms with Crippen molar-refractivity contribution in [3.8, 4) is 11.5 Å². The number of aromatic nitrogens is 4. The van der Waals surface area contributed by atoms with Crippen LogP contribution in [-0.4, -0.2) is 20.1 Å². The van der Waals surface area contributed by atoms with E-state index in [1.54, 1.807) is 12.3 Å². The molecule has 0 aliphatic heterocycles. The summed E-state index contributed by atoms with van der Waals surface area (Å²) in [4.78, 5) is 12.2. The van der Waals surface area contributed by atoms with Gasteiger partial charge in [-0.2, -0.15) is 4.98 Å². The van der Waals surface area contributed by atoms with Crippen LogP contribution in [0.15, 0.2) is 47.4 Å². The molecule has 0 aliphatic rings. The molecule has 3 rings (SSSR count). The average molecular weight is 288 g/mol. The molecule has 0 spiro atoms. The van der Waals surface area contributed by atoms with Crippen molar-refractivity contribution in [3.63, 3.8) is 0 Å². The van der Waals surface area contributed by atoms with Crippen LogP contribution < -0.4 is 5.32 Å². The highest BCUT2D eigenvalue weighted by Gasteiger charge is 2.09. The van der Waals surface area contributed by atoms with E-state index < -0.39 is 0 Å². The van der Waals surface area contributed by atoms with Crippen LogP contribution in [-0.2, 0) is 6.54 Å². The maximum Gasteiger partial charge on any atom is 0.246 e. The van der Waals surface area contributed by atoms with Gasteiger partial charge in [0.05, 0.1) is 6.54 Å². The van der Waals surface area contributed by atoms with Gasteiger partial charge in [0, 0.05) is 16.9 Å². The number of nitrogens with zero attached hydrogens (tertiary/aromatic N) is 4. The van der Waals surface area contributed by atoms with Crippen LogP contribution in [0, 0.1) is 0 Å². The van der Waals surface area contributed by atoms with Gasteiger partial charge in [0.2, 0.25) is 11.7 Å². The lowest BCUT2D eigenvalue weighted by Gasteiger charge is -2.02. The van der Waals surface area contributed by atoms with E-state index in [1.807, 2.05) is 24.3 Å². The molecule has 100 valence electrons. The van der Waals surface area contributed by atoms with Crippen LogP contribution in [0.4, 0.5) is 5.69 Å². The van der Waals surface area contributed by atoms with E-state index in [4.69, 9.17) is 16.1 Å². The zero-order chi connectivity index (χ0) is 13.8. The first-order chi connectivity index (χ1) is 9.81. The lowest BCUT2D eigenvalue weighted by molar-refractivity contribution is 0.384. The SMILES string of the molecule is Clc1ccc(NCc2nc(-c3ccncn3)no2)cc1. The summed E-state index contributed by atoms with van der Waals surface area (Å²) in [6.45, 7) is 0.430. The molecular weight excluding hydrogens is 278 g/mol. The summed E-state index contributed by atoms with van der Waals surface area (Å²) in [6.07, 6.45) is 3.07. The summed E-state index contributed by atoms with van der Waals surface area (Å²) in [5, 5.41) is 7.73. The average Bonchev–Trinajstić information content (AvgIpc) is 2.97. The Morgan fingerprint density at radius 2 is 2.00 bits per heavy atom. The fourth-order valence-corrected chi connectivity index (χ4v) is 1.73. The Kier molecular flexibility index (Phi) is 3.56. The largest absolute Gasteiger partial charge is 0.376 e. The molecule has 2 heterocycles. The van der Waals surface area contributed by atoms with Gasteiger partial charge in [-0.25, -0.2) is 9.97 Å². The molecule has 0 saturated heterocycles. The van der Waals surface area contributed by atoms with E-state index in [2.05, 4.69) is 25.4 Å². The molecule has 1 aromatic carbocycles. The van der Waals surface area contributed by atoms with Gasteiger partial charge < -0.3 is 9.84 Å². The van der Waals surface area contributed by atoms with Crippen molar-refractivity contribution in [3.05, 3.63) is 53.8 Å². The molecule has 0 fully saturated rings. The number of benzene rings is 1. The number of anilines is 1. The minimum absolute atomic E-state index is 0.430. The van der Waals surface area contributed by atoms with Crippen molar-refractivity contribution in [2.24, 2.45) is 0 Å². The Hall–Kier alpha value is -2.47. The quantitative estimate of drug-likeness (QED) is 0.795. The van der Waals surface area contributed by atoms with E-state index in [0.717, 1.165) is 5.69 Å². The third-order valence-corrected chi connectivity index (χ3v) is 2.82. The van der Waals surface area contributed by atoms with Crippen LogP contribution in [0.2, 0.25) is 5.02 Å². The fourth-order valence-electron chi connectivity index (χ4n) is 1.60. The molecule has 0 saturated carbocycles. The molecule has 0 aliphatic carbocycles. The number of halogens is 1. The highest BCUT2D eigenvalue weighted by atomic mass is 35.5. The van der Waals surface area contributed by atoms with Crippen LogP contribution in [0.5, 0.6) is 0 Å². The first-order valence-corrected chi connectivity index (χ1v) is 6.27. The third-order valence-electron chi connectivity index (χ3n) is 2.57. The Morgan fingerprint density at radius 3 is 2.75 bits per heavy atom. The van der Waals surface area contributed by atoms with Crippen molar-refractivity contribution in [2.75, 3.05) is 5.32 Å².